The van der Waals surface area contributed by atoms with Gasteiger partial charge in [-0.05, 0) is 11.1 Å². The van der Waals surface area contributed by atoms with Crippen LogP contribution in [0.4, 0.5) is 0 Å². The van der Waals surface area contributed by atoms with Gasteiger partial charge in [0.25, 0.3) is 0 Å². The normalized spacial score (nSPS) is 11.4. The van der Waals surface area contributed by atoms with Crippen molar-refractivity contribution in [3.05, 3.63) is 71.8 Å². The van der Waals surface area contributed by atoms with E-state index in [1.54, 1.807) is 36.4 Å². The molecule has 2 rings (SSSR count). The zero-order valence-electron chi connectivity index (χ0n) is 14.2. The first-order valence-corrected chi connectivity index (χ1v) is 8.16. The third-order valence-corrected chi connectivity index (χ3v) is 3.63. The molecule has 0 unspecified atom stereocenters. The van der Waals surface area contributed by atoms with Gasteiger partial charge in [0.15, 0.2) is 0 Å². The van der Waals surface area contributed by atoms with Crippen LogP contribution in [0.1, 0.15) is 24.0 Å². The molecular formula is C20H20O6. The van der Waals surface area contributed by atoms with Crippen LogP contribution in [0.2, 0.25) is 0 Å². The van der Waals surface area contributed by atoms with Crippen molar-refractivity contribution in [1.29, 1.82) is 0 Å². The number of aliphatic carboxylic acids is 1. The lowest BCUT2D eigenvalue weighted by molar-refractivity contribution is -0.159. The van der Waals surface area contributed by atoms with Crippen LogP contribution >= 0.6 is 0 Å². The number of ether oxygens (including phenoxy) is 2. The van der Waals surface area contributed by atoms with Crippen molar-refractivity contribution in [3.63, 3.8) is 0 Å². The minimum Gasteiger partial charge on any atom is -0.481 e. The molecule has 0 spiro atoms. The molecule has 136 valence electrons. The number of carbonyl (C=O) groups is 3. The Kier molecular flexibility index (Phi) is 7.36. The summed E-state index contributed by atoms with van der Waals surface area (Å²) in [5.74, 6) is -3.63. The van der Waals surface area contributed by atoms with Crippen LogP contribution in [-0.2, 0) is 37.1 Å². The van der Waals surface area contributed by atoms with Crippen molar-refractivity contribution < 1.29 is 29.0 Å². The van der Waals surface area contributed by atoms with Crippen molar-refractivity contribution in [2.45, 2.75) is 26.1 Å². The van der Waals surface area contributed by atoms with E-state index in [0.717, 1.165) is 11.1 Å². The number of carbonyl (C=O) groups excluding carboxylic acids is 2. The first-order valence-electron chi connectivity index (χ1n) is 8.16. The van der Waals surface area contributed by atoms with E-state index in [2.05, 4.69) is 0 Å². The molecular weight excluding hydrogens is 336 g/mol. The maximum Gasteiger partial charge on any atom is 0.310 e. The van der Waals surface area contributed by atoms with Gasteiger partial charge in [0, 0.05) is 0 Å². The number of rotatable bonds is 9. The van der Waals surface area contributed by atoms with Crippen LogP contribution in [0.5, 0.6) is 0 Å². The van der Waals surface area contributed by atoms with Crippen molar-refractivity contribution in [2.75, 3.05) is 0 Å². The van der Waals surface area contributed by atoms with Crippen LogP contribution in [0, 0.1) is 5.92 Å². The fraction of sp³-hybridized carbons (Fsp3) is 0.250. The van der Waals surface area contributed by atoms with Gasteiger partial charge in [0.1, 0.15) is 13.2 Å². The molecule has 0 amide bonds. The van der Waals surface area contributed by atoms with Gasteiger partial charge < -0.3 is 14.6 Å². The highest BCUT2D eigenvalue weighted by atomic mass is 16.5. The van der Waals surface area contributed by atoms with Gasteiger partial charge in [-0.25, -0.2) is 0 Å². The van der Waals surface area contributed by atoms with Crippen molar-refractivity contribution in [2.24, 2.45) is 5.92 Å². The molecule has 6 nitrogen and oxygen atoms in total. The third kappa shape index (κ3) is 6.76. The van der Waals surface area contributed by atoms with Crippen molar-refractivity contribution >= 4 is 17.9 Å². The van der Waals surface area contributed by atoms with E-state index in [9.17, 15) is 14.4 Å². The molecule has 6 heteroatoms. The quantitative estimate of drug-likeness (QED) is 0.695. The third-order valence-electron chi connectivity index (χ3n) is 3.63. The highest BCUT2D eigenvalue weighted by molar-refractivity contribution is 5.83. The summed E-state index contributed by atoms with van der Waals surface area (Å²) in [5.41, 5.74) is 1.59. The van der Waals surface area contributed by atoms with Crippen LogP contribution in [-0.4, -0.2) is 23.0 Å². The van der Waals surface area contributed by atoms with E-state index in [-0.39, 0.29) is 19.6 Å². The lowest BCUT2D eigenvalue weighted by Crippen LogP contribution is -2.24. The van der Waals surface area contributed by atoms with Gasteiger partial charge in [-0.2, -0.15) is 0 Å². The summed E-state index contributed by atoms with van der Waals surface area (Å²) < 4.78 is 10.3. The number of carboxylic acid groups (broad SMARTS) is 1. The molecule has 1 N–H and O–H groups in total. The Bertz CT molecular complexity index is 726. The van der Waals surface area contributed by atoms with Crippen LogP contribution in [0.25, 0.3) is 0 Å². The van der Waals surface area contributed by atoms with Crippen molar-refractivity contribution in [1.82, 2.24) is 0 Å². The Labute approximate surface area is 151 Å². The summed E-state index contributed by atoms with van der Waals surface area (Å²) in [6, 6.07) is 18.1. The maximum atomic E-state index is 12.2. The molecule has 0 saturated heterocycles. The second-order valence-corrected chi connectivity index (χ2v) is 5.74. The molecule has 0 bridgehead atoms. The van der Waals surface area contributed by atoms with E-state index in [4.69, 9.17) is 14.6 Å². The Balaban J connectivity index is 1.87. The summed E-state index contributed by atoms with van der Waals surface area (Å²) in [5, 5.41) is 8.98. The molecule has 0 aliphatic heterocycles. The number of benzene rings is 2. The molecule has 0 aliphatic carbocycles. The highest BCUT2D eigenvalue weighted by Crippen LogP contribution is 2.15. The molecule has 0 aromatic heterocycles. The standard InChI is InChI=1S/C20H20O6/c21-18(22)11-17(20(24)26-14-16-9-5-2-6-10-16)12-19(23)25-13-15-7-3-1-4-8-15/h1-10,17H,11-14H2,(H,21,22)/t17-/m0/s1. The SMILES string of the molecule is O=C(O)C[C@@H](CC(=O)OCc1ccccc1)C(=O)OCc1ccccc1. The van der Waals surface area contributed by atoms with Gasteiger partial charge in [-0.15, -0.1) is 0 Å². The lowest BCUT2D eigenvalue weighted by Gasteiger charge is -2.14. The predicted octanol–water partition coefficient (Wildman–Crippen LogP) is 2.95. The molecule has 2 aromatic rings. The van der Waals surface area contributed by atoms with Crippen LogP contribution < -0.4 is 0 Å². The smallest absolute Gasteiger partial charge is 0.310 e. The van der Waals surface area contributed by atoms with Crippen molar-refractivity contribution in [3.8, 4) is 0 Å². The minimum absolute atomic E-state index is 0.0227. The first-order chi connectivity index (χ1) is 12.5. The van der Waals surface area contributed by atoms with E-state index < -0.39 is 30.2 Å². The number of hydrogen-bond donors (Lipinski definition) is 1. The lowest BCUT2D eigenvalue weighted by atomic mass is 10.0. The molecule has 26 heavy (non-hydrogen) atoms. The van der Waals surface area contributed by atoms with Gasteiger partial charge >= 0.3 is 17.9 Å². The molecule has 0 saturated carbocycles. The summed E-state index contributed by atoms with van der Waals surface area (Å²) in [4.78, 5) is 35.1. The van der Waals surface area contributed by atoms with Gasteiger partial charge in [0.2, 0.25) is 0 Å². The van der Waals surface area contributed by atoms with E-state index in [1.807, 2.05) is 24.3 Å². The summed E-state index contributed by atoms with van der Waals surface area (Å²) in [6.45, 7) is 0.0907. The fourth-order valence-corrected chi connectivity index (χ4v) is 2.29. The van der Waals surface area contributed by atoms with Gasteiger partial charge in [0.05, 0.1) is 18.8 Å². The van der Waals surface area contributed by atoms with E-state index in [1.165, 1.54) is 0 Å². The summed E-state index contributed by atoms with van der Waals surface area (Å²) >= 11 is 0. The predicted molar refractivity (Wildman–Crippen MR) is 92.8 cm³/mol. The largest absolute Gasteiger partial charge is 0.481 e. The monoisotopic (exact) mass is 356 g/mol. The average molecular weight is 356 g/mol. The topological polar surface area (TPSA) is 89.9 Å². The Morgan fingerprint density at radius 2 is 1.27 bits per heavy atom. The second-order valence-electron chi connectivity index (χ2n) is 5.74. The summed E-state index contributed by atoms with van der Waals surface area (Å²) in [6.07, 6.45) is -0.833. The number of esters is 2. The zero-order valence-corrected chi connectivity index (χ0v) is 14.2. The molecule has 2 aromatic carbocycles. The Morgan fingerprint density at radius 1 is 0.769 bits per heavy atom. The first kappa shape index (κ1) is 19.2. The molecule has 0 heterocycles. The van der Waals surface area contributed by atoms with E-state index in [0.29, 0.717) is 0 Å². The molecule has 0 radical (unpaired) electrons. The molecule has 0 fully saturated rings. The Morgan fingerprint density at radius 3 is 1.77 bits per heavy atom. The van der Waals surface area contributed by atoms with Crippen LogP contribution in [0.3, 0.4) is 0 Å². The van der Waals surface area contributed by atoms with E-state index >= 15 is 0 Å². The Hall–Kier alpha value is -3.15. The van der Waals surface area contributed by atoms with Gasteiger partial charge in [-0.1, -0.05) is 60.7 Å². The second kappa shape index (κ2) is 9.98. The fourth-order valence-electron chi connectivity index (χ4n) is 2.29. The molecule has 0 aliphatic rings. The number of carboxylic acids is 1. The average Bonchev–Trinajstić information content (AvgIpc) is 2.65. The zero-order chi connectivity index (χ0) is 18.8. The van der Waals surface area contributed by atoms with Crippen LogP contribution in [0.15, 0.2) is 60.7 Å². The maximum absolute atomic E-state index is 12.2. The summed E-state index contributed by atoms with van der Waals surface area (Å²) in [7, 11) is 0. The minimum atomic E-state index is -1.18. The highest BCUT2D eigenvalue weighted by Gasteiger charge is 2.27. The number of hydrogen-bond acceptors (Lipinski definition) is 5. The molecule has 1 atom stereocenters. The van der Waals surface area contributed by atoms with Gasteiger partial charge in [-0.3, -0.25) is 14.4 Å².